The number of likely N-dealkylation sites (tertiary alicyclic amines) is 1. The summed E-state index contributed by atoms with van der Waals surface area (Å²) in [5.74, 6) is 0.726. The van der Waals surface area contributed by atoms with Gasteiger partial charge < -0.3 is 15.0 Å². The number of ether oxygens (including phenoxy) is 1. The van der Waals surface area contributed by atoms with Gasteiger partial charge in [0.25, 0.3) is 5.91 Å². The van der Waals surface area contributed by atoms with Crippen LogP contribution in [0.4, 0.5) is 0 Å². The summed E-state index contributed by atoms with van der Waals surface area (Å²) in [7, 11) is 0. The van der Waals surface area contributed by atoms with Gasteiger partial charge in [0.15, 0.2) is 0 Å². The number of piperidine rings is 1. The van der Waals surface area contributed by atoms with Crippen molar-refractivity contribution in [1.82, 2.24) is 10.2 Å². The molecular formula is C24H24Cl2N2O2. The standard InChI is InChI=1S/C24H24Cl2N2O2/c25-22-8-7-21(16-23(22)26)30-20-9-12-28(13-10-20)14-11-27-24(29)19-6-5-17-3-1-2-4-18(17)15-19/h1-8,15-16,20H,9-14H2,(H,27,29). The maximum Gasteiger partial charge on any atom is 0.251 e. The first-order valence-corrected chi connectivity index (χ1v) is 10.9. The van der Waals surface area contributed by atoms with Gasteiger partial charge in [-0.1, -0.05) is 53.5 Å². The SMILES string of the molecule is O=C(NCCN1CCC(Oc2ccc(Cl)c(Cl)c2)CC1)c1ccc2ccccc2c1. The smallest absolute Gasteiger partial charge is 0.251 e. The number of halogens is 2. The summed E-state index contributed by atoms with van der Waals surface area (Å²) in [5.41, 5.74) is 0.697. The molecule has 1 aliphatic rings. The second-order valence-electron chi connectivity index (χ2n) is 7.55. The summed E-state index contributed by atoms with van der Waals surface area (Å²) in [5, 5.41) is 6.29. The lowest BCUT2D eigenvalue weighted by Gasteiger charge is -2.32. The number of nitrogens with one attached hydrogen (secondary N) is 1. The van der Waals surface area contributed by atoms with Crippen molar-refractivity contribution in [3.8, 4) is 5.75 Å². The number of amides is 1. The number of hydrogen-bond donors (Lipinski definition) is 1. The van der Waals surface area contributed by atoms with Gasteiger partial charge in [0.1, 0.15) is 11.9 Å². The third-order valence-corrected chi connectivity index (χ3v) is 6.19. The molecule has 0 aromatic heterocycles. The van der Waals surface area contributed by atoms with Crippen molar-refractivity contribution in [2.24, 2.45) is 0 Å². The summed E-state index contributed by atoms with van der Waals surface area (Å²) in [6, 6.07) is 19.2. The molecule has 156 valence electrons. The molecule has 3 aromatic rings. The van der Waals surface area contributed by atoms with Crippen molar-refractivity contribution in [1.29, 1.82) is 0 Å². The highest BCUT2D eigenvalue weighted by molar-refractivity contribution is 6.42. The van der Waals surface area contributed by atoms with Gasteiger partial charge in [-0.05, 0) is 47.9 Å². The minimum Gasteiger partial charge on any atom is -0.490 e. The van der Waals surface area contributed by atoms with Crippen molar-refractivity contribution >= 4 is 39.9 Å². The molecule has 0 unspecified atom stereocenters. The zero-order chi connectivity index (χ0) is 20.9. The molecule has 0 atom stereocenters. The maximum atomic E-state index is 12.5. The molecular weight excluding hydrogens is 419 g/mol. The van der Waals surface area contributed by atoms with Crippen LogP contribution >= 0.6 is 23.2 Å². The molecule has 1 saturated heterocycles. The molecule has 1 fully saturated rings. The average molecular weight is 443 g/mol. The van der Waals surface area contributed by atoms with E-state index in [1.165, 1.54) is 0 Å². The predicted molar refractivity (Wildman–Crippen MR) is 123 cm³/mol. The molecule has 1 amide bonds. The van der Waals surface area contributed by atoms with Crippen LogP contribution in [0.1, 0.15) is 23.2 Å². The van der Waals surface area contributed by atoms with E-state index in [0.29, 0.717) is 22.2 Å². The van der Waals surface area contributed by atoms with E-state index in [2.05, 4.69) is 10.2 Å². The van der Waals surface area contributed by atoms with Gasteiger partial charge in [0, 0.05) is 37.8 Å². The van der Waals surface area contributed by atoms with Crippen molar-refractivity contribution in [3.05, 3.63) is 76.3 Å². The summed E-state index contributed by atoms with van der Waals surface area (Å²) in [6.07, 6.45) is 2.06. The first kappa shape index (κ1) is 21.0. The number of nitrogens with zero attached hydrogens (tertiary/aromatic N) is 1. The fourth-order valence-electron chi connectivity index (χ4n) is 3.75. The first-order chi connectivity index (χ1) is 14.6. The van der Waals surface area contributed by atoms with Gasteiger partial charge in [-0.2, -0.15) is 0 Å². The molecule has 3 aromatic carbocycles. The molecule has 30 heavy (non-hydrogen) atoms. The third-order valence-electron chi connectivity index (χ3n) is 5.45. The monoisotopic (exact) mass is 442 g/mol. The van der Waals surface area contributed by atoms with E-state index >= 15 is 0 Å². The van der Waals surface area contributed by atoms with Crippen LogP contribution in [0.2, 0.25) is 10.0 Å². The fourth-order valence-corrected chi connectivity index (χ4v) is 4.04. The second kappa shape index (κ2) is 9.69. The molecule has 4 rings (SSSR count). The van der Waals surface area contributed by atoms with Gasteiger partial charge in [0.05, 0.1) is 10.0 Å². The van der Waals surface area contributed by atoms with E-state index in [1.54, 1.807) is 12.1 Å². The molecule has 0 bridgehead atoms. The van der Waals surface area contributed by atoms with Crippen molar-refractivity contribution in [3.63, 3.8) is 0 Å². The van der Waals surface area contributed by atoms with Crippen molar-refractivity contribution in [2.75, 3.05) is 26.2 Å². The predicted octanol–water partition coefficient (Wildman–Crippen LogP) is 5.42. The van der Waals surface area contributed by atoms with Crippen LogP contribution in [0.15, 0.2) is 60.7 Å². The summed E-state index contributed by atoms with van der Waals surface area (Å²) in [4.78, 5) is 14.8. The van der Waals surface area contributed by atoms with Crippen LogP contribution in [0, 0.1) is 0 Å². The number of hydrogen-bond acceptors (Lipinski definition) is 3. The number of carbonyl (C=O) groups excluding carboxylic acids is 1. The van der Waals surface area contributed by atoms with E-state index in [1.807, 2.05) is 48.5 Å². The Bertz CT molecular complexity index is 1030. The summed E-state index contributed by atoms with van der Waals surface area (Å²) < 4.78 is 6.04. The molecule has 6 heteroatoms. The highest BCUT2D eigenvalue weighted by Gasteiger charge is 2.20. The van der Waals surface area contributed by atoms with Crippen LogP contribution in [-0.4, -0.2) is 43.1 Å². The first-order valence-electron chi connectivity index (χ1n) is 10.2. The molecule has 0 aliphatic carbocycles. The Morgan fingerprint density at radius 1 is 0.967 bits per heavy atom. The minimum absolute atomic E-state index is 0.0291. The van der Waals surface area contributed by atoms with Gasteiger partial charge in [-0.25, -0.2) is 0 Å². The Kier molecular flexibility index (Phi) is 6.78. The van der Waals surface area contributed by atoms with Crippen molar-refractivity contribution < 1.29 is 9.53 Å². The van der Waals surface area contributed by atoms with Crippen LogP contribution in [0.3, 0.4) is 0 Å². The number of carbonyl (C=O) groups is 1. The average Bonchev–Trinajstić information content (AvgIpc) is 2.77. The van der Waals surface area contributed by atoms with E-state index in [4.69, 9.17) is 27.9 Å². The van der Waals surface area contributed by atoms with Crippen LogP contribution in [-0.2, 0) is 0 Å². The van der Waals surface area contributed by atoms with Crippen LogP contribution in [0.5, 0.6) is 5.75 Å². The lowest BCUT2D eigenvalue weighted by Crippen LogP contribution is -2.42. The van der Waals surface area contributed by atoms with Crippen LogP contribution in [0.25, 0.3) is 10.8 Å². The quantitative estimate of drug-likeness (QED) is 0.553. The Hall–Kier alpha value is -2.27. The van der Waals surface area contributed by atoms with E-state index in [0.717, 1.165) is 49.0 Å². The third kappa shape index (κ3) is 5.25. The zero-order valence-electron chi connectivity index (χ0n) is 16.6. The Labute approximate surface area is 186 Å². The van der Waals surface area contributed by atoms with Crippen LogP contribution < -0.4 is 10.1 Å². The van der Waals surface area contributed by atoms with E-state index < -0.39 is 0 Å². The zero-order valence-corrected chi connectivity index (χ0v) is 18.1. The van der Waals surface area contributed by atoms with Crippen molar-refractivity contribution in [2.45, 2.75) is 18.9 Å². The highest BCUT2D eigenvalue weighted by Crippen LogP contribution is 2.28. The number of benzene rings is 3. The number of rotatable bonds is 6. The molecule has 1 heterocycles. The fraction of sp³-hybridized carbons (Fsp3) is 0.292. The summed E-state index contributed by atoms with van der Waals surface area (Å²) >= 11 is 12.0. The number of fused-ring (bicyclic) bond motifs is 1. The Morgan fingerprint density at radius 2 is 1.73 bits per heavy atom. The van der Waals surface area contributed by atoms with Gasteiger partial charge in [0.2, 0.25) is 0 Å². The summed E-state index contributed by atoms with van der Waals surface area (Å²) in [6.45, 7) is 3.35. The lowest BCUT2D eigenvalue weighted by molar-refractivity contribution is 0.0905. The Morgan fingerprint density at radius 3 is 2.50 bits per heavy atom. The minimum atomic E-state index is -0.0291. The molecule has 0 spiro atoms. The van der Waals surface area contributed by atoms with Gasteiger partial charge in [-0.15, -0.1) is 0 Å². The van der Waals surface area contributed by atoms with Gasteiger partial charge in [-0.3, -0.25) is 4.79 Å². The maximum absolute atomic E-state index is 12.5. The Balaban J connectivity index is 1.20. The molecule has 1 aliphatic heterocycles. The topological polar surface area (TPSA) is 41.6 Å². The molecule has 4 nitrogen and oxygen atoms in total. The lowest BCUT2D eigenvalue weighted by atomic mass is 10.1. The molecule has 0 radical (unpaired) electrons. The second-order valence-corrected chi connectivity index (χ2v) is 8.37. The normalized spacial score (nSPS) is 15.3. The van der Waals surface area contributed by atoms with E-state index in [-0.39, 0.29) is 12.0 Å². The molecule has 1 N–H and O–H groups in total. The highest BCUT2D eigenvalue weighted by atomic mass is 35.5. The van der Waals surface area contributed by atoms with Gasteiger partial charge >= 0.3 is 0 Å². The molecule has 0 saturated carbocycles. The largest absolute Gasteiger partial charge is 0.490 e. The van der Waals surface area contributed by atoms with E-state index in [9.17, 15) is 4.79 Å².